The molecule has 0 amide bonds. The summed E-state index contributed by atoms with van der Waals surface area (Å²) in [6, 6.07) is 3.59. The van der Waals surface area contributed by atoms with Gasteiger partial charge < -0.3 is 4.74 Å². The largest absolute Gasteiger partial charge is 0.492 e. The van der Waals surface area contributed by atoms with E-state index in [1.807, 2.05) is 6.07 Å². The van der Waals surface area contributed by atoms with Gasteiger partial charge in [0.25, 0.3) is 0 Å². The molecule has 0 aromatic heterocycles. The summed E-state index contributed by atoms with van der Waals surface area (Å²) in [4.78, 5) is 0.299. The Hall–Kier alpha value is 0.0800. The summed E-state index contributed by atoms with van der Waals surface area (Å²) in [5, 5.41) is 1.24. The predicted octanol–water partition coefficient (Wildman–Crippen LogP) is 4.21. The highest BCUT2D eigenvalue weighted by molar-refractivity contribution is 9.09. The molecule has 0 aliphatic carbocycles. The van der Waals surface area contributed by atoms with E-state index in [-0.39, 0.29) is 0 Å². The topological polar surface area (TPSA) is 9.23 Å². The van der Waals surface area contributed by atoms with Crippen LogP contribution in [0.2, 0.25) is 10.0 Å². The quantitative estimate of drug-likeness (QED) is 0.647. The molecule has 0 saturated heterocycles. The highest BCUT2D eigenvalue weighted by Gasteiger charge is 2.21. The molecule has 1 atom stereocenters. The zero-order chi connectivity index (χ0) is 9.42. The van der Waals surface area contributed by atoms with Gasteiger partial charge in [0.2, 0.25) is 0 Å². The van der Waals surface area contributed by atoms with Gasteiger partial charge in [-0.1, -0.05) is 39.1 Å². The zero-order valence-corrected chi connectivity index (χ0v) is 9.79. The third kappa shape index (κ3) is 1.80. The minimum Gasteiger partial charge on any atom is -0.492 e. The Kier molecular flexibility index (Phi) is 2.72. The second kappa shape index (κ2) is 3.68. The van der Waals surface area contributed by atoms with Gasteiger partial charge in [-0.3, -0.25) is 0 Å². The monoisotopic (exact) mass is 280 g/mol. The molecule has 1 unspecified atom stereocenters. The van der Waals surface area contributed by atoms with Gasteiger partial charge in [0, 0.05) is 15.4 Å². The van der Waals surface area contributed by atoms with Crippen molar-refractivity contribution >= 4 is 39.1 Å². The molecule has 1 aliphatic heterocycles. The van der Waals surface area contributed by atoms with E-state index in [4.69, 9.17) is 27.9 Å². The van der Waals surface area contributed by atoms with Crippen LogP contribution in [0.3, 0.4) is 0 Å². The zero-order valence-electron chi connectivity index (χ0n) is 6.69. The minimum absolute atomic E-state index is 0.299. The van der Waals surface area contributed by atoms with E-state index in [0.29, 0.717) is 21.5 Å². The summed E-state index contributed by atoms with van der Waals surface area (Å²) in [7, 11) is 0. The molecule has 1 nitrogen and oxygen atoms in total. The van der Waals surface area contributed by atoms with Crippen LogP contribution in [0.4, 0.5) is 0 Å². The van der Waals surface area contributed by atoms with Crippen LogP contribution in [-0.4, -0.2) is 6.61 Å². The summed E-state index contributed by atoms with van der Waals surface area (Å²) >= 11 is 15.4. The maximum Gasteiger partial charge on any atom is 0.142 e. The van der Waals surface area contributed by atoms with Crippen molar-refractivity contribution in [3.8, 4) is 5.75 Å². The summed E-state index contributed by atoms with van der Waals surface area (Å²) in [5.41, 5.74) is 1.05. The molecule has 0 fully saturated rings. The summed E-state index contributed by atoms with van der Waals surface area (Å²) in [5.74, 6) is 0.763. The van der Waals surface area contributed by atoms with E-state index in [1.54, 1.807) is 6.07 Å². The van der Waals surface area contributed by atoms with Crippen LogP contribution in [0.15, 0.2) is 12.1 Å². The van der Waals surface area contributed by atoms with Crippen LogP contribution in [0.1, 0.15) is 16.8 Å². The standard InChI is InChI=1S/C9H7BrCl2O/c10-7-1-2-13-9-6(7)3-5(11)4-8(9)12/h3-4,7H,1-2H2. The molecule has 0 saturated carbocycles. The van der Waals surface area contributed by atoms with Gasteiger partial charge in [-0.15, -0.1) is 0 Å². The maximum absolute atomic E-state index is 5.98. The van der Waals surface area contributed by atoms with E-state index in [9.17, 15) is 0 Å². The lowest BCUT2D eigenvalue weighted by atomic mass is 10.1. The second-order valence-electron chi connectivity index (χ2n) is 2.91. The van der Waals surface area contributed by atoms with Gasteiger partial charge in [0.05, 0.1) is 11.6 Å². The van der Waals surface area contributed by atoms with Gasteiger partial charge >= 0.3 is 0 Å². The number of alkyl halides is 1. The van der Waals surface area contributed by atoms with Crippen molar-refractivity contribution in [1.29, 1.82) is 0 Å². The van der Waals surface area contributed by atoms with Crippen molar-refractivity contribution in [2.45, 2.75) is 11.2 Å². The van der Waals surface area contributed by atoms with Crippen molar-refractivity contribution in [2.24, 2.45) is 0 Å². The minimum atomic E-state index is 0.299. The lowest BCUT2D eigenvalue weighted by Crippen LogP contribution is -2.10. The smallest absolute Gasteiger partial charge is 0.142 e. The number of halogens is 3. The van der Waals surface area contributed by atoms with E-state index >= 15 is 0 Å². The summed E-state index contributed by atoms with van der Waals surface area (Å²) in [6.07, 6.45) is 0.948. The van der Waals surface area contributed by atoms with E-state index in [1.165, 1.54) is 0 Å². The molecule has 0 radical (unpaired) electrons. The fourth-order valence-corrected chi connectivity index (χ4v) is 2.48. The Morgan fingerprint density at radius 2 is 2.15 bits per heavy atom. The van der Waals surface area contributed by atoms with Gasteiger partial charge in [-0.25, -0.2) is 0 Å². The average molecular weight is 282 g/mol. The highest BCUT2D eigenvalue weighted by atomic mass is 79.9. The van der Waals surface area contributed by atoms with Crippen LogP contribution in [0.5, 0.6) is 5.75 Å². The normalized spacial score (nSPS) is 20.7. The van der Waals surface area contributed by atoms with Gasteiger partial charge in [-0.05, 0) is 18.6 Å². The second-order valence-corrected chi connectivity index (χ2v) is 4.86. The lowest BCUT2D eigenvalue weighted by Gasteiger charge is -2.22. The fraction of sp³-hybridized carbons (Fsp3) is 0.333. The molecular weight excluding hydrogens is 275 g/mol. The summed E-state index contributed by atoms with van der Waals surface area (Å²) < 4.78 is 5.46. The molecule has 70 valence electrons. The van der Waals surface area contributed by atoms with Crippen LogP contribution in [0.25, 0.3) is 0 Å². The average Bonchev–Trinajstić information content (AvgIpc) is 2.07. The Balaban J connectivity index is 2.56. The maximum atomic E-state index is 5.98. The first-order valence-corrected chi connectivity index (χ1v) is 5.61. The van der Waals surface area contributed by atoms with E-state index in [0.717, 1.165) is 17.7 Å². The number of hydrogen-bond donors (Lipinski definition) is 0. The van der Waals surface area contributed by atoms with Crippen molar-refractivity contribution < 1.29 is 4.74 Å². The van der Waals surface area contributed by atoms with Crippen molar-refractivity contribution in [3.05, 3.63) is 27.7 Å². The van der Waals surface area contributed by atoms with Crippen molar-refractivity contribution in [2.75, 3.05) is 6.61 Å². The Bertz CT molecular complexity index is 341. The molecule has 0 N–H and O–H groups in total. The fourth-order valence-electron chi connectivity index (χ4n) is 1.39. The van der Waals surface area contributed by atoms with Gasteiger partial charge in [-0.2, -0.15) is 0 Å². The molecule has 1 aliphatic rings. The lowest BCUT2D eigenvalue weighted by molar-refractivity contribution is 0.288. The molecule has 0 bridgehead atoms. The Morgan fingerprint density at radius 1 is 1.38 bits per heavy atom. The number of benzene rings is 1. The first-order chi connectivity index (χ1) is 6.18. The number of fused-ring (bicyclic) bond motifs is 1. The molecule has 1 heterocycles. The highest BCUT2D eigenvalue weighted by Crippen LogP contribution is 2.43. The van der Waals surface area contributed by atoms with E-state index < -0.39 is 0 Å². The molecule has 1 aromatic rings. The van der Waals surface area contributed by atoms with Gasteiger partial charge in [0.1, 0.15) is 5.75 Å². The van der Waals surface area contributed by atoms with Crippen LogP contribution in [-0.2, 0) is 0 Å². The van der Waals surface area contributed by atoms with Crippen molar-refractivity contribution in [1.82, 2.24) is 0 Å². The van der Waals surface area contributed by atoms with Crippen LogP contribution < -0.4 is 4.74 Å². The SMILES string of the molecule is Clc1cc(Cl)c2c(c1)C(Br)CCO2. The number of hydrogen-bond acceptors (Lipinski definition) is 1. The van der Waals surface area contributed by atoms with Gasteiger partial charge in [0.15, 0.2) is 0 Å². The predicted molar refractivity (Wildman–Crippen MR) is 58.2 cm³/mol. The van der Waals surface area contributed by atoms with Crippen molar-refractivity contribution in [3.63, 3.8) is 0 Å². The molecule has 0 spiro atoms. The molecule has 2 rings (SSSR count). The first kappa shape index (κ1) is 9.63. The summed E-state index contributed by atoms with van der Waals surface area (Å²) in [6.45, 7) is 0.699. The number of ether oxygens (including phenoxy) is 1. The number of rotatable bonds is 0. The Morgan fingerprint density at radius 3 is 2.92 bits per heavy atom. The molecular formula is C9H7BrCl2O. The Labute approximate surface area is 95.1 Å². The van der Waals surface area contributed by atoms with Crippen LogP contribution >= 0.6 is 39.1 Å². The third-order valence-corrected chi connectivity index (χ3v) is 3.44. The van der Waals surface area contributed by atoms with E-state index in [2.05, 4.69) is 15.9 Å². The molecule has 13 heavy (non-hydrogen) atoms. The molecule has 1 aromatic carbocycles. The third-order valence-electron chi connectivity index (χ3n) is 1.99. The van der Waals surface area contributed by atoms with Crippen LogP contribution in [0, 0.1) is 0 Å². The first-order valence-electron chi connectivity index (χ1n) is 3.94. The molecule has 4 heteroatoms.